The Morgan fingerprint density at radius 2 is 2.04 bits per heavy atom. The van der Waals surface area contributed by atoms with Crippen LogP contribution in [0.4, 0.5) is 5.82 Å². The van der Waals surface area contributed by atoms with Crippen LogP contribution >= 0.6 is 0 Å². The molecule has 0 fully saturated rings. The van der Waals surface area contributed by atoms with Crippen molar-refractivity contribution in [2.45, 2.75) is 13.5 Å². The molecular weight excluding hydrogens is 292 g/mol. The van der Waals surface area contributed by atoms with Crippen molar-refractivity contribution in [3.05, 3.63) is 48.3 Å². The van der Waals surface area contributed by atoms with Crippen LogP contribution in [0.5, 0.6) is 5.88 Å². The van der Waals surface area contributed by atoms with E-state index in [0.717, 1.165) is 5.56 Å². The van der Waals surface area contributed by atoms with Crippen LogP contribution in [0.1, 0.15) is 12.5 Å². The van der Waals surface area contributed by atoms with Crippen LogP contribution in [0.3, 0.4) is 0 Å². The number of ether oxygens (including phenoxy) is 1. The van der Waals surface area contributed by atoms with Gasteiger partial charge in [-0.15, -0.1) is 0 Å². The molecule has 0 spiro atoms. The molecular formula is C17H22N4O2. The highest BCUT2D eigenvalue weighted by molar-refractivity contribution is 5.78. The molecule has 0 bridgehead atoms. The van der Waals surface area contributed by atoms with Gasteiger partial charge in [-0.1, -0.05) is 37.3 Å². The fourth-order valence-corrected chi connectivity index (χ4v) is 2.16. The van der Waals surface area contributed by atoms with Crippen molar-refractivity contribution in [1.29, 1.82) is 0 Å². The Morgan fingerprint density at radius 3 is 2.74 bits per heavy atom. The fourth-order valence-electron chi connectivity index (χ4n) is 2.16. The summed E-state index contributed by atoms with van der Waals surface area (Å²) in [4.78, 5) is 22.1. The summed E-state index contributed by atoms with van der Waals surface area (Å²) in [6.07, 6.45) is 3.24. The largest absolute Gasteiger partial charge is 0.472 e. The minimum atomic E-state index is -0.138. The van der Waals surface area contributed by atoms with Crippen LogP contribution in [-0.4, -0.2) is 36.5 Å². The zero-order chi connectivity index (χ0) is 16.7. The number of benzene rings is 1. The smallest absolute Gasteiger partial charge is 0.234 e. The van der Waals surface area contributed by atoms with Crippen LogP contribution in [0.15, 0.2) is 42.7 Å². The standard InChI is InChI=1S/C17H22N4O2/c1-13(17(22)18-2)11-21(3)15-9-19-10-16(20-15)23-12-14-7-5-4-6-8-14/h4-10,13H,11-12H2,1-3H3,(H,18,22)/t13-/m1/s1. The van der Waals surface area contributed by atoms with Crippen molar-refractivity contribution >= 4 is 11.7 Å². The summed E-state index contributed by atoms with van der Waals surface area (Å²) in [5.74, 6) is 0.999. The molecule has 0 aliphatic heterocycles. The van der Waals surface area contributed by atoms with Gasteiger partial charge in [-0.2, -0.15) is 4.98 Å². The summed E-state index contributed by atoms with van der Waals surface area (Å²) >= 11 is 0. The van der Waals surface area contributed by atoms with E-state index < -0.39 is 0 Å². The van der Waals surface area contributed by atoms with E-state index >= 15 is 0 Å². The van der Waals surface area contributed by atoms with Crippen molar-refractivity contribution in [3.63, 3.8) is 0 Å². The number of hydrogen-bond donors (Lipinski definition) is 1. The maximum Gasteiger partial charge on any atom is 0.234 e. The Labute approximate surface area is 136 Å². The summed E-state index contributed by atoms with van der Waals surface area (Å²) in [6.45, 7) is 2.87. The molecule has 2 aromatic rings. The van der Waals surface area contributed by atoms with E-state index in [1.54, 1.807) is 19.4 Å². The first-order chi connectivity index (χ1) is 11.1. The van der Waals surface area contributed by atoms with Gasteiger partial charge in [0.25, 0.3) is 0 Å². The summed E-state index contributed by atoms with van der Waals surface area (Å²) in [7, 11) is 3.51. The minimum Gasteiger partial charge on any atom is -0.472 e. The van der Waals surface area contributed by atoms with E-state index in [4.69, 9.17) is 4.74 Å². The third-order valence-electron chi connectivity index (χ3n) is 3.46. The lowest BCUT2D eigenvalue weighted by atomic mass is 10.1. The number of anilines is 1. The lowest BCUT2D eigenvalue weighted by Gasteiger charge is -2.21. The number of hydrogen-bond acceptors (Lipinski definition) is 5. The van der Waals surface area contributed by atoms with Crippen LogP contribution in [-0.2, 0) is 11.4 Å². The van der Waals surface area contributed by atoms with E-state index in [9.17, 15) is 4.79 Å². The van der Waals surface area contributed by atoms with Gasteiger partial charge in [0.1, 0.15) is 6.61 Å². The fraction of sp³-hybridized carbons (Fsp3) is 0.353. The first-order valence-electron chi connectivity index (χ1n) is 7.51. The Hall–Kier alpha value is -2.63. The van der Waals surface area contributed by atoms with Crippen LogP contribution in [0.25, 0.3) is 0 Å². The summed E-state index contributed by atoms with van der Waals surface area (Å²) in [6, 6.07) is 9.89. The van der Waals surface area contributed by atoms with E-state index in [1.165, 1.54) is 0 Å². The molecule has 122 valence electrons. The Morgan fingerprint density at radius 1 is 1.30 bits per heavy atom. The Bertz CT molecular complexity index is 634. The SMILES string of the molecule is CNC(=O)[C@H](C)CN(C)c1cncc(OCc2ccccc2)n1. The molecule has 1 aromatic heterocycles. The number of rotatable bonds is 7. The van der Waals surface area contributed by atoms with E-state index in [1.807, 2.05) is 49.2 Å². The second kappa shape index (κ2) is 8.12. The van der Waals surface area contributed by atoms with Gasteiger partial charge in [0.15, 0.2) is 5.82 Å². The summed E-state index contributed by atoms with van der Waals surface area (Å²) < 4.78 is 5.68. The molecule has 0 aliphatic rings. The molecule has 6 heteroatoms. The summed E-state index contributed by atoms with van der Waals surface area (Å²) in [5, 5.41) is 2.65. The predicted octanol–water partition coefficient (Wildman–Crippen LogP) is 1.87. The first kappa shape index (κ1) is 16.7. The molecule has 0 saturated carbocycles. The number of nitrogens with one attached hydrogen (secondary N) is 1. The van der Waals surface area contributed by atoms with Gasteiger partial charge in [0, 0.05) is 20.6 Å². The molecule has 1 atom stereocenters. The molecule has 1 N–H and O–H groups in total. The lowest BCUT2D eigenvalue weighted by Crippen LogP contribution is -2.34. The predicted molar refractivity (Wildman–Crippen MR) is 89.3 cm³/mol. The number of amides is 1. The maximum atomic E-state index is 11.6. The maximum absolute atomic E-state index is 11.6. The van der Waals surface area contributed by atoms with Gasteiger partial charge >= 0.3 is 0 Å². The van der Waals surface area contributed by atoms with Crippen LogP contribution in [0, 0.1) is 5.92 Å². The van der Waals surface area contributed by atoms with Gasteiger partial charge in [-0.05, 0) is 5.56 Å². The third kappa shape index (κ3) is 4.95. The molecule has 1 aromatic carbocycles. The average Bonchev–Trinajstić information content (AvgIpc) is 2.60. The van der Waals surface area contributed by atoms with Crippen molar-refractivity contribution < 1.29 is 9.53 Å². The normalized spacial score (nSPS) is 11.6. The van der Waals surface area contributed by atoms with E-state index in [0.29, 0.717) is 24.8 Å². The monoisotopic (exact) mass is 314 g/mol. The topological polar surface area (TPSA) is 67.4 Å². The molecule has 1 heterocycles. The molecule has 23 heavy (non-hydrogen) atoms. The molecule has 0 unspecified atom stereocenters. The Balaban J connectivity index is 1.97. The molecule has 2 rings (SSSR count). The van der Waals surface area contributed by atoms with Crippen molar-refractivity contribution in [2.24, 2.45) is 5.92 Å². The van der Waals surface area contributed by atoms with Gasteiger partial charge < -0.3 is 15.0 Å². The van der Waals surface area contributed by atoms with Gasteiger partial charge in [-0.3, -0.25) is 9.78 Å². The third-order valence-corrected chi connectivity index (χ3v) is 3.46. The van der Waals surface area contributed by atoms with Crippen LogP contribution in [0.2, 0.25) is 0 Å². The minimum absolute atomic E-state index is 0.00120. The lowest BCUT2D eigenvalue weighted by molar-refractivity contribution is -0.123. The van der Waals surface area contributed by atoms with Gasteiger partial charge in [0.2, 0.25) is 11.8 Å². The zero-order valence-electron chi connectivity index (χ0n) is 13.7. The Kier molecular flexibility index (Phi) is 5.91. The number of carbonyl (C=O) groups is 1. The average molecular weight is 314 g/mol. The van der Waals surface area contributed by atoms with Crippen molar-refractivity contribution in [2.75, 3.05) is 25.5 Å². The van der Waals surface area contributed by atoms with Gasteiger partial charge in [-0.25, -0.2) is 0 Å². The van der Waals surface area contributed by atoms with Crippen molar-refractivity contribution in [3.8, 4) is 5.88 Å². The highest BCUT2D eigenvalue weighted by Gasteiger charge is 2.15. The first-order valence-corrected chi connectivity index (χ1v) is 7.51. The second-order valence-electron chi connectivity index (χ2n) is 5.39. The quantitative estimate of drug-likeness (QED) is 0.845. The number of aromatic nitrogens is 2. The molecule has 0 saturated heterocycles. The molecule has 6 nitrogen and oxygen atoms in total. The van der Waals surface area contributed by atoms with E-state index in [2.05, 4.69) is 15.3 Å². The van der Waals surface area contributed by atoms with Gasteiger partial charge in [0.05, 0.1) is 18.3 Å². The number of nitrogens with zero attached hydrogens (tertiary/aromatic N) is 3. The van der Waals surface area contributed by atoms with Crippen LogP contribution < -0.4 is 15.0 Å². The number of carbonyl (C=O) groups excluding carboxylic acids is 1. The highest BCUT2D eigenvalue weighted by atomic mass is 16.5. The van der Waals surface area contributed by atoms with E-state index in [-0.39, 0.29) is 11.8 Å². The molecule has 1 amide bonds. The highest BCUT2D eigenvalue weighted by Crippen LogP contribution is 2.15. The molecule has 0 radical (unpaired) electrons. The van der Waals surface area contributed by atoms with Crippen molar-refractivity contribution in [1.82, 2.24) is 15.3 Å². The summed E-state index contributed by atoms with van der Waals surface area (Å²) in [5.41, 5.74) is 1.07. The zero-order valence-corrected chi connectivity index (χ0v) is 13.7. The second-order valence-corrected chi connectivity index (χ2v) is 5.39. The molecule has 0 aliphatic carbocycles.